The van der Waals surface area contributed by atoms with Gasteiger partial charge in [-0.15, -0.1) is 0 Å². The summed E-state index contributed by atoms with van der Waals surface area (Å²) in [5.41, 5.74) is 4.64. The highest BCUT2D eigenvalue weighted by atomic mass is 16.2. The van der Waals surface area contributed by atoms with Gasteiger partial charge in [0.05, 0.1) is 12.2 Å². The molecule has 5 rings (SSSR count). The van der Waals surface area contributed by atoms with Crippen molar-refractivity contribution in [2.24, 2.45) is 0 Å². The average molecular weight is 499 g/mol. The molecule has 2 aromatic carbocycles. The lowest BCUT2D eigenvalue weighted by Gasteiger charge is -2.44. The number of rotatable bonds is 6. The van der Waals surface area contributed by atoms with E-state index in [1.807, 2.05) is 44.2 Å². The van der Waals surface area contributed by atoms with Crippen LogP contribution in [0.1, 0.15) is 86.0 Å². The summed E-state index contributed by atoms with van der Waals surface area (Å²) in [6, 6.07) is 18.6. The lowest BCUT2D eigenvalue weighted by atomic mass is 9.91. The number of carbonyl (C=O) groups excluding carboxylic acids is 2. The van der Waals surface area contributed by atoms with E-state index in [2.05, 4.69) is 43.4 Å². The monoisotopic (exact) mass is 498 g/mol. The van der Waals surface area contributed by atoms with Gasteiger partial charge in [0, 0.05) is 18.2 Å². The van der Waals surface area contributed by atoms with Gasteiger partial charge in [0.15, 0.2) is 0 Å². The van der Waals surface area contributed by atoms with Crippen LogP contribution in [0.3, 0.4) is 0 Å². The second-order valence-electron chi connectivity index (χ2n) is 11.3. The van der Waals surface area contributed by atoms with E-state index in [1.54, 1.807) is 9.58 Å². The minimum Gasteiger partial charge on any atom is -0.351 e. The number of nitrogens with zero attached hydrogens (tertiary/aromatic N) is 3. The first kappa shape index (κ1) is 25.2. The number of benzene rings is 2. The Hall–Kier alpha value is -3.41. The summed E-state index contributed by atoms with van der Waals surface area (Å²) in [4.78, 5) is 29.6. The third-order valence-electron chi connectivity index (χ3n) is 8.06. The van der Waals surface area contributed by atoms with E-state index in [0.717, 1.165) is 48.1 Å². The largest absolute Gasteiger partial charge is 0.351 e. The lowest BCUT2D eigenvalue weighted by molar-refractivity contribution is -0.134. The van der Waals surface area contributed by atoms with E-state index >= 15 is 0 Å². The van der Waals surface area contributed by atoms with E-state index in [9.17, 15) is 9.59 Å². The Kier molecular flexibility index (Phi) is 6.93. The van der Waals surface area contributed by atoms with Gasteiger partial charge in [-0.3, -0.25) is 14.3 Å². The first-order valence-electron chi connectivity index (χ1n) is 13.6. The number of amides is 2. The molecule has 1 atom stereocenters. The fourth-order valence-electron chi connectivity index (χ4n) is 5.53. The molecular formula is C31H38N4O2. The summed E-state index contributed by atoms with van der Waals surface area (Å²) in [5, 5.41) is 8.10. The number of hydrogen-bond acceptors (Lipinski definition) is 3. The molecule has 37 heavy (non-hydrogen) atoms. The van der Waals surface area contributed by atoms with Crippen LogP contribution < -0.4 is 5.32 Å². The van der Waals surface area contributed by atoms with E-state index in [4.69, 9.17) is 5.10 Å². The van der Waals surface area contributed by atoms with Gasteiger partial charge >= 0.3 is 0 Å². The number of carbonyl (C=O) groups is 2. The molecular weight excluding hydrogens is 460 g/mol. The van der Waals surface area contributed by atoms with Crippen molar-refractivity contribution in [3.8, 4) is 11.3 Å². The van der Waals surface area contributed by atoms with Gasteiger partial charge in [-0.1, -0.05) is 87.2 Å². The SMILES string of the molecule is Cc1ccc(CN2C(=O)c3cc(-c4ccc(C(C)C)cc4)nn3CC2(C)C(=O)NC2CCCCC2)cc1. The highest BCUT2D eigenvalue weighted by molar-refractivity contribution is 6.00. The zero-order valence-electron chi connectivity index (χ0n) is 22.5. The molecule has 1 N–H and O–H groups in total. The molecule has 2 heterocycles. The van der Waals surface area contributed by atoms with Gasteiger partial charge in [-0.05, 0) is 49.8 Å². The molecule has 1 aliphatic heterocycles. The van der Waals surface area contributed by atoms with Crippen LogP contribution >= 0.6 is 0 Å². The van der Waals surface area contributed by atoms with Crippen LogP contribution in [0, 0.1) is 6.92 Å². The third-order valence-corrected chi connectivity index (χ3v) is 8.06. The summed E-state index contributed by atoms with van der Waals surface area (Å²) >= 11 is 0. The zero-order chi connectivity index (χ0) is 26.2. The minimum atomic E-state index is -1.04. The quantitative estimate of drug-likeness (QED) is 0.464. The third kappa shape index (κ3) is 5.07. The number of aromatic nitrogens is 2. The standard InChI is InChI=1S/C31H38N4O2/c1-21(2)24-14-16-25(17-15-24)27-18-28-29(36)34(19-23-12-10-22(3)11-13-23)31(4,20-35(28)33-27)30(37)32-26-8-6-5-7-9-26/h10-18,21,26H,5-9,19-20H2,1-4H3,(H,32,37). The molecule has 1 unspecified atom stereocenters. The Morgan fingerprint density at radius 3 is 2.38 bits per heavy atom. The van der Waals surface area contributed by atoms with Gasteiger partial charge in [0.1, 0.15) is 11.2 Å². The maximum atomic E-state index is 14.0. The van der Waals surface area contributed by atoms with E-state index < -0.39 is 5.54 Å². The number of hydrogen-bond donors (Lipinski definition) is 1. The first-order chi connectivity index (χ1) is 17.7. The molecule has 0 bridgehead atoms. The highest BCUT2D eigenvalue weighted by Crippen LogP contribution is 2.32. The molecule has 1 saturated carbocycles. The van der Waals surface area contributed by atoms with Crippen molar-refractivity contribution < 1.29 is 9.59 Å². The predicted octanol–water partition coefficient (Wildman–Crippen LogP) is 5.85. The van der Waals surface area contributed by atoms with Crippen LogP contribution in [0.5, 0.6) is 0 Å². The summed E-state index contributed by atoms with van der Waals surface area (Å²) < 4.78 is 1.74. The van der Waals surface area contributed by atoms with Gasteiger partial charge in [0.2, 0.25) is 5.91 Å². The molecule has 6 nitrogen and oxygen atoms in total. The molecule has 0 saturated heterocycles. The predicted molar refractivity (Wildman–Crippen MR) is 146 cm³/mol. The molecule has 0 spiro atoms. The Morgan fingerprint density at radius 2 is 1.73 bits per heavy atom. The van der Waals surface area contributed by atoms with E-state index in [0.29, 0.717) is 24.7 Å². The van der Waals surface area contributed by atoms with Crippen molar-refractivity contribution >= 4 is 11.8 Å². The van der Waals surface area contributed by atoms with Crippen LogP contribution in [0.2, 0.25) is 0 Å². The molecule has 1 aliphatic carbocycles. The second-order valence-corrected chi connectivity index (χ2v) is 11.3. The molecule has 3 aromatic rings. The smallest absolute Gasteiger partial charge is 0.273 e. The molecule has 6 heteroatoms. The summed E-state index contributed by atoms with van der Waals surface area (Å²) in [6.45, 7) is 8.97. The van der Waals surface area contributed by atoms with Crippen LogP contribution in [-0.4, -0.2) is 38.1 Å². The van der Waals surface area contributed by atoms with Gasteiger partial charge in [-0.2, -0.15) is 5.10 Å². The second kappa shape index (κ2) is 10.2. The molecule has 0 radical (unpaired) electrons. The summed E-state index contributed by atoms with van der Waals surface area (Å²) in [5.74, 6) is 0.194. The van der Waals surface area contributed by atoms with Gasteiger partial charge in [-0.25, -0.2) is 0 Å². The lowest BCUT2D eigenvalue weighted by Crippen LogP contribution is -2.64. The fourth-order valence-corrected chi connectivity index (χ4v) is 5.53. The average Bonchev–Trinajstić information content (AvgIpc) is 3.32. The van der Waals surface area contributed by atoms with Crippen LogP contribution in [0.4, 0.5) is 0 Å². The maximum absolute atomic E-state index is 14.0. The van der Waals surface area contributed by atoms with Crippen molar-refractivity contribution in [3.63, 3.8) is 0 Å². The molecule has 1 fully saturated rings. The fraction of sp³-hybridized carbons (Fsp3) is 0.452. The normalized spacial score (nSPS) is 20.2. The van der Waals surface area contributed by atoms with Crippen molar-refractivity contribution in [3.05, 3.63) is 77.0 Å². The van der Waals surface area contributed by atoms with Crippen LogP contribution in [0.15, 0.2) is 54.6 Å². The maximum Gasteiger partial charge on any atom is 0.273 e. The summed E-state index contributed by atoms with van der Waals surface area (Å²) in [7, 11) is 0. The van der Waals surface area contributed by atoms with Gasteiger partial charge in [0.25, 0.3) is 5.91 Å². The molecule has 1 aromatic heterocycles. The van der Waals surface area contributed by atoms with E-state index in [1.165, 1.54) is 12.0 Å². The Labute approximate surface area is 220 Å². The number of aryl methyl sites for hydroxylation is 1. The van der Waals surface area contributed by atoms with E-state index in [-0.39, 0.29) is 17.9 Å². The molecule has 2 amide bonds. The Balaban J connectivity index is 1.49. The van der Waals surface area contributed by atoms with Crippen LogP contribution in [-0.2, 0) is 17.9 Å². The highest BCUT2D eigenvalue weighted by Gasteiger charge is 2.48. The van der Waals surface area contributed by atoms with Crippen molar-refractivity contribution in [1.29, 1.82) is 0 Å². The number of fused-ring (bicyclic) bond motifs is 1. The molecule has 194 valence electrons. The van der Waals surface area contributed by atoms with Crippen molar-refractivity contribution in [2.45, 2.75) is 90.4 Å². The molecule has 2 aliphatic rings. The Morgan fingerprint density at radius 1 is 1.05 bits per heavy atom. The van der Waals surface area contributed by atoms with Crippen LogP contribution in [0.25, 0.3) is 11.3 Å². The summed E-state index contributed by atoms with van der Waals surface area (Å²) in [6.07, 6.45) is 5.49. The zero-order valence-corrected chi connectivity index (χ0v) is 22.5. The van der Waals surface area contributed by atoms with Crippen molar-refractivity contribution in [1.82, 2.24) is 20.0 Å². The first-order valence-corrected chi connectivity index (χ1v) is 13.6. The van der Waals surface area contributed by atoms with Crippen molar-refractivity contribution in [2.75, 3.05) is 0 Å². The topological polar surface area (TPSA) is 67.2 Å². The van der Waals surface area contributed by atoms with Gasteiger partial charge < -0.3 is 10.2 Å². The minimum absolute atomic E-state index is 0.0937. The number of nitrogens with one attached hydrogen (secondary N) is 1. The Bertz CT molecular complexity index is 1270.